The lowest BCUT2D eigenvalue weighted by Gasteiger charge is -2.20. The Morgan fingerprint density at radius 3 is 2.27 bits per heavy atom. The van der Waals surface area contributed by atoms with Gasteiger partial charge in [-0.25, -0.2) is 0 Å². The van der Waals surface area contributed by atoms with Crippen LogP contribution in [0.2, 0.25) is 0 Å². The van der Waals surface area contributed by atoms with Crippen molar-refractivity contribution in [1.82, 2.24) is 0 Å². The van der Waals surface area contributed by atoms with Gasteiger partial charge in [-0.05, 0) is 30.5 Å². The molecule has 1 N–H and O–H groups in total. The molecular weight excluding hydrogens is 272 g/mol. The number of unbranched alkanes of at least 4 members (excludes halogenated alkanes) is 4. The quantitative estimate of drug-likeness (QED) is 0.586. The third-order valence-corrected chi connectivity index (χ3v) is 3.88. The minimum Gasteiger partial charge on any atom is -0.504 e. The molecular formula is C20H26O2. The molecule has 0 spiro atoms. The summed E-state index contributed by atoms with van der Waals surface area (Å²) in [5, 5.41) is 9.92. The van der Waals surface area contributed by atoms with Crippen molar-refractivity contribution in [1.29, 1.82) is 0 Å². The summed E-state index contributed by atoms with van der Waals surface area (Å²) in [7, 11) is 0. The van der Waals surface area contributed by atoms with Crippen LogP contribution in [0.3, 0.4) is 0 Å². The average molecular weight is 298 g/mol. The Hall–Kier alpha value is -1.96. The highest BCUT2D eigenvalue weighted by Crippen LogP contribution is 2.32. The number of phenols is 1. The first-order valence-electron chi connectivity index (χ1n) is 8.31. The van der Waals surface area contributed by atoms with Crippen molar-refractivity contribution in [2.24, 2.45) is 0 Å². The zero-order valence-electron chi connectivity index (χ0n) is 13.4. The summed E-state index contributed by atoms with van der Waals surface area (Å²) in [6.07, 6.45) is 7.20. The Morgan fingerprint density at radius 2 is 1.55 bits per heavy atom. The van der Waals surface area contributed by atoms with Gasteiger partial charge < -0.3 is 9.84 Å². The van der Waals surface area contributed by atoms with E-state index in [2.05, 4.69) is 19.1 Å². The molecule has 0 aliphatic rings. The normalized spacial score (nSPS) is 12.0. The second-order valence-electron chi connectivity index (χ2n) is 5.69. The molecule has 118 valence electrons. The van der Waals surface area contributed by atoms with Crippen LogP contribution in [0.15, 0.2) is 54.6 Å². The second-order valence-corrected chi connectivity index (χ2v) is 5.69. The fourth-order valence-corrected chi connectivity index (χ4v) is 2.60. The minimum absolute atomic E-state index is 0.00359. The molecule has 0 radical (unpaired) electrons. The fourth-order valence-electron chi connectivity index (χ4n) is 2.60. The number of aromatic hydroxyl groups is 1. The fraction of sp³-hybridized carbons (Fsp3) is 0.400. The van der Waals surface area contributed by atoms with Gasteiger partial charge in [-0.1, -0.05) is 75.1 Å². The monoisotopic (exact) mass is 298 g/mol. The van der Waals surface area contributed by atoms with Crippen LogP contribution in [0, 0.1) is 0 Å². The maximum atomic E-state index is 9.92. The number of phenolic OH excluding ortho intramolecular Hbond substituents is 1. The largest absolute Gasteiger partial charge is 0.504 e. The number of benzene rings is 2. The first-order chi connectivity index (χ1) is 10.8. The van der Waals surface area contributed by atoms with Crippen molar-refractivity contribution in [3.63, 3.8) is 0 Å². The van der Waals surface area contributed by atoms with E-state index in [0.717, 1.165) is 12.8 Å². The summed E-state index contributed by atoms with van der Waals surface area (Å²) in [6.45, 7) is 2.23. The van der Waals surface area contributed by atoms with Crippen molar-refractivity contribution in [2.45, 2.75) is 51.6 Å². The summed E-state index contributed by atoms with van der Waals surface area (Å²) in [5.41, 5.74) is 1.17. The topological polar surface area (TPSA) is 29.5 Å². The predicted molar refractivity (Wildman–Crippen MR) is 91.3 cm³/mol. The molecule has 0 aromatic heterocycles. The number of para-hydroxylation sites is 2. The SMILES string of the molecule is CCCCCCCC(Oc1ccccc1O)c1ccccc1. The van der Waals surface area contributed by atoms with Crippen molar-refractivity contribution >= 4 is 0 Å². The molecule has 0 aliphatic carbocycles. The molecule has 2 heteroatoms. The van der Waals surface area contributed by atoms with E-state index in [-0.39, 0.29) is 11.9 Å². The van der Waals surface area contributed by atoms with E-state index >= 15 is 0 Å². The van der Waals surface area contributed by atoms with E-state index in [1.54, 1.807) is 6.07 Å². The molecule has 2 aromatic carbocycles. The van der Waals surface area contributed by atoms with Crippen LogP contribution in [0.5, 0.6) is 11.5 Å². The Labute approximate surface area is 133 Å². The van der Waals surface area contributed by atoms with Crippen LogP contribution in [-0.4, -0.2) is 5.11 Å². The van der Waals surface area contributed by atoms with E-state index in [4.69, 9.17) is 4.74 Å². The zero-order chi connectivity index (χ0) is 15.6. The summed E-state index contributed by atoms with van der Waals surface area (Å²) < 4.78 is 6.09. The Morgan fingerprint density at radius 1 is 0.864 bits per heavy atom. The van der Waals surface area contributed by atoms with E-state index in [1.807, 2.05) is 36.4 Å². The van der Waals surface area contributed by atoms with E-state index < -0.39 is 0 Å². The minimum atomic E-state index is -0.00359. The van der Waals surface area contributed by atoms with Gasteiger partial charge in [0.1, 0.15) is 6.10 Å². The number of hydrogen-bond donors (Lipinski definition) is 1. The highest BCUT2D eigenvalue weighted by molar-refractivity contribution is 5.38. The lowest BCUT2D eigenvalue weighted by atomic mass is 10.0. The molecule has 1 unspecified atom stereocenters. The highest BCUT2D eigenvalue weighted by Gasteiger charge is 2.14. The first-order valence-corrected chi connectivity index (χ1v) is 8.31. The molecule has 0 saturated carbocycles. The molecule has 0 bridgehead atoms. The maximum absolute atomic E-state index is 9.92. The summed E-state index contributed by atoms with van der Waals surface area (Å²) in [5.74, 6) is 0.763. The third kappa shape index (κ3) is 5.10. The average Bonchev–Trinajstić information content (AvgIpc) is 2.56. The van der Waals surface area contributed by atoms with Crippen LogP contribution in [-0.2, 0) is 0 Å². The number of rotatable bonds is 9. The lowest BCUT2D eigenvalue weighted by Crippen LogP contribution is -2.08. The van der Waals surface area contributed by atoms with Crippen LogP contribution in [0.1, 0.15) is 57.1 Å². The van der Waals surface area contributed by atoms with Crippen molar-refractivity contribution in [3.8, 4) is 11.5 Å². The lowest BCUT2D eigenvalue weighted by molar-refractivity contribution is 0.183. The van der Waals surface area contributed by atoms with Gasteiger partial charge in [0, 0.05) is 0 Å². The van der Waals surface area contributed by atoms with E-state index in [0.29, 0.717) is 5.75 Å². The standard InChI is InChI=1S/C20H26O2/c1-2-3-4-5-9-15-19(17-12-7-6-8-13-17)22-20-16-11-10-14-18(20)21/h6-8,10-14,16,19,21H,2-5,9,15H2,1H3. The third-order valence-electron chi connectivity index (χ3n) is 3.88. The van der Waals surface area contributed by atoms with Gasteiger partial charge in [-0.2, -0.15) is 0 Å². The van der Waals surface area contributed by atoms with Gasteiger partial charge in [0.15, 0.2) is 11.5 Å². The van der Waals surface area contributed by atoms with Gasteiger partial charge >= 0.3 is 0 Å². The highest BCUT2D eigenvalue weighted by atomic mass is 16.5. The summed E-state index contributed by atoms with van der Waals surface area (Å²) in [6, 6.07) is 17.5. The molecule has 1 atom stereocenters. The Bertz CT molecular complexity index is 536. The number of ether oxygens (including phenoxy) is 1. The molecule has 0 amide bonds. The van der Waals surface area contributed by atoms with Crippen LogP contribution in [0.25, 0.3) is 0 Å². The molecule has 0 saturated heterocycles. The molecule has 2 rings (SSSR count). The molecule has 0 aliphatic heterocycles. The van der Waals surface area contributed by atoms with Crippen LogP contribution >= 0.6 is 0 Å². The maximum Gasteiger partial charge on any atom is 0.161 e. The molecule has 0 fully saturated rings. The van der Waals surface area contributed by atoms with Gasteiger partial charge in [0.05, 0.1) is 0 Å². The molecule has 22 heavy (non-hydrogen) atoms. The summed E-state index contributed by atoms with van der Waals surface area (Å²) >= 11 is 0. The summed E-state index contributed by atoms with van der Waals surface area (Å²) in [4.78, 5) is 0. The smallest absolute Gasteiger partial charge is 0.161 e. The van der Waals surface area contributed by atoms with Crippen molar-refractivity contribution < 1.29 is 9.84 Å². The number of hydrogen-bond acceptors (Lipinski definition) is 2. The van der Waals surface area contributed by atoms with Gasteiger partial charge in [-0.3, -0.25) is 0 Å². The molecule has 0 heterocycles. The Balaban J connectivity index is 2.01. The predicted octanol–water partition coefficient (Wildman–Crippen LogP) is 5.87. The molecule has 2 nitrogen and oxygen atoms in total. The van der Waals surface area contributed by atoms with Crippen molar-refractivity contribution in [2.75, 3.05) is 0 Å². The first kappa shape index (κ1) is 16.4. The van der Waals surface area contributed by atoms with E-state index in [1.165, 1.54) is 31.2 Å². The van der Waals surface area contributed by atoms with Crippen molar-refractivity contribution in [3.05, 3.63) is 60.2 Å². The molecule has 2 aromatic rings. The van der Waals surface area contributed by atoms with Crippen LogP contribution < -0.4 is 4.74 Å². The van der Waals surface area contributed by atoms with Gasteiger partial charge in [0.25, 0.3) is 0 Å². The van der Waals surface area contributed by atoms with Gasteiger partial charge in [-0.15, -0.1) is 0 Å². The van der Waals surface area contributed by atoms with Crippen LogP contribution in [0.4, 0.5) is 0 Å². The second kappa shape index (κ2) is 9.14. The Kier molecular flexibility index (Phi) is 6.82. The van der Waals surface area contributed by atoms with Gasteiger partial charge in [0.2, 0.25) is 0 Å². The zero-order valence-corrected chi connectivity index (χ0v) is 13.4. The van der Waals surface area contributed by atoms with E-state index in [9.17, 15) is 5.11 Å².